The Morgan fingerprint density at radius 2 is 1.60 bits per heavy atom. The van der Waals surface area contributed by atoms with Gasteiger partial charge in [-0.1, -0.05) is 42.8 Å². The number of nitrogens with zero attached hydrogens (tertiary/aromatic N) is 1. The number of piperidine rings is 1. The molecular weight excluding hydrogens is 318 g/mol. The van der Waals surface area contributed by atoms with Gasteiger partial charge in [-0.2, -0.15) is 0 Å². The van der Waals surface area contributed by atoms with Crippen molar-refractivity contribution < 1.29 is 19.1 Å². The highest BCUT2D eigenvalue weighted by atomic mass is 16.5. The predicted octanol–water partition coefficient (Wildman–Crippen LogP) is 2.82. The number of para-hydroxylation sites is 1. The lowest BCUT2D eigenvalue weighted by molar-refractivity contribution is -0.151. The second kappa shape index (κ2) is 5.55. The van der Waals surface area contributed by atoms with Gasteiger partial charge in [0.05, 0.1) is 5.69 Å². The van der Waals surface area contributed by atoms with E-state index in [2.05, 4.69) is 0 Å². The Kier molecular flexibility index (Phi) is 3.46. The molecule has 1 saturated heterocycles. The fraction of sp³-hybridized carbons (Fsp3) is 0.250. The number of hydrogen-bond donors (Lipinski definition) is 0. The largest absolute Gasteiger partial charge is 0.426 e. The van der Waals surface area contributed by atoms with Gasteiger partial charge in [0.25, 0.3) is 0 Å². The number of anilines is 1. The van der Waals surface area contributed by atoms with Crippen LogP contribution in [0.25, 0.3) is 0 Å². The number of rotatable bonds is 1. The quantitative estimate of drug-likeness (QED) is 0.348. The maximum absolute atomic E-state index is 13.0. The summed E-state index contributed by atoms with van der Waals surface area (Å²) in [5.74, 6) is -2.95. The van der Waals surface area contributed by atoms with Crippen LogP contribution in [0.4, 0.5) is 5.69 Å². The first-order valence-corrected chi connectivity index (χ1v) is 8.24. The summed E-state index contributed by atoms with van der Waals surface area (Å²) in [6.07, 6.45) is 0. The highest BCUT2D eigenvalue weighted by Crippen LogP contribution is 2.46. The zero-order valence-electron chi connectivity index (χ0n) is 13.9. The lowest BCUT2D eigenvalue weighted by Gasteiger charge is -2.41. The molecule has 5 heteroatoms. The van der Waals surface area contributed by atoms with Crippen molar-refractivity contribution in [2.75, 3.05) is 4.90 Å². The van der Waals surface area contributed by atoms with Crippen molar-refractivity contribution in [3.63, 3.8) is 0 Å². The maximum atomic E-state index is 13.0. The second-order valence-corrected chi connectivity index (χ2v) is 6.60. The number of esters is 1. The Bertz CT molecular complexity index is 887. The van der Waals surface area contributed by atoms with Crippen molar-refractivity contribution in [3.05, 3.63) is 59.7 Å². The van der Waals surface area contributed by atoms with E-state index in [0.29, 0.717) is 11.4 Å². The van der Waals surface area contributed by atoms with E-state index in [1.165, 1.54) is 0 Å². The van der Waals surface area contributed by atoms with E-state index in [0.717, 1.165) is 16.0 Å². The molecule has 0 spiro atoms. The average molecular weight is 335 g/mol. The fourth-order valence-electron chi connectivity index (χ4n) is 3.71. The standard InChI is InChI=1S/C20H17NO4/c1-11-7-9-13(10-8-11)21-18(22)12(2)16-14-5-3-4-6-15(14)25-20(24)17(16)19(21)23/h3-10,12,16-17H,1-2H3/t12-,16-,17-/m1/s1. The molecule has 0 unspecified atom stereocenters. The van der Waals surface area contributed by atoms with Crippen LogP contribution in [-0.2, 0) is 14.4 Å². The summed E-state index contributed by atoms with van der Waals surface area (Å²) in [7, 11) is 0. The monoisotopic (exact) mass is 335 g/mol. The fourth-order valence-corrected chi connectivity index (χ4v) is 3.71. The minimum atomic E-state index is -0.996. The number of benzene rings is 2. The number of hydrogen-bond acceptors (Lipinski definition) is 4. The summed E-state index contributed by atoms with van der Waals surface area (Å²) in [5, 5.41) is 0. The molecule has 2 aliphatic rings. The third-order valence-electron chi connectivity index (χ3n) is 5.03. The number of ether oxygens (including phenoxy) is 1. The molecule has 1 fully saturated rings. The minimum absolute atomic E-state index is 0.292. The number of fused-ring (bicyclic) bond motifs is 3. The van der Waals surface area contributed by atoms with Gasteiger partial charge in [0.15, 0.2) is 0 Å². The summed E-state index contributed by atoms with van der Waals surface area (Å²) in [6.45, 7) is 3.70. The highest BCUT2D eigenvalue weighted by molar-refractivity contribution is 6.23. The van der Waals surface area contributed by atoms with Crippen LogP contribution in [0.2, 0.25) is 0 Å². The first-order chi connectivity index (χ1) is 12.0. The van der Waals surface area contributed by atoms with Gasteiger partial charge in [-0.25, -0.2) is 4.90 Å². The van der Waals surface area contributed by atoms with Gasteiger partial charge in [0.2, 0.25) is 11.8 Å². The van der Waals surface area contributed by atoms with E-state index < -0.39 is 29.6 Å². The first-order valence-electron chi connectivity index (χ1n) is 8.24. The molecule has 0 aromatic heterocycles. The van der Waals surface area contributed by atoms with Gasteiger partial charge in [-0.3, -0.25) is 14.4 Å². The topological polar surface area (TPSA) is 63.7 Å². The zero-order chi connectivity index (χ0) is 17.7. The van der Waals surface area contributed by atoms with Crippen LogP contribution < -0.4 is 9.64 Å². The van der Waals surface area contributed by atoms with Gasteiger partial charge in [-0.05, 0) is 25.1 Å². The number of aryl methyl sites for hydroxylation is 1. The zero-order valence-corrected chi connectivity index (χ0v) is 13.9. The summed E-state index contributed by atoms with van der Waals surface area (Å²) in [4.78, 5) is 39.6. The van der Waals surface area contributed by atoms with Crippen molar-refractivity contribution in [1.29, 1.82) is 0 Å². The Balaban J connectivity index is 1.81. The van der Waals surface area contributed by atoms with Crippen molar-refractivity contribution in [2.24, 2.45) is 11.8 Å². The summed E-state index contributed by atoms with van der Waals surface area (Å²) >= 11 is 0. The van der Waals surface area contributed by atoms with Crippen molar-refractivity contribution in [2.45, 2.75) is 19.8 Å². The van der Waals surface area contributed by atoms with E-state index >= 15 is 0 Å². The van der Waals surface area contributed by atoms with Crippen LogP contribution in [0.1, 0.15) is 24.0 Å². The summed E-state index contributed by atoms with van der Waals surface area (Å²) in [6, 6.07) is 14.2. The molecule has 3 atom stereocenters. The maximum Gasteiger partial charge on any atom is 0.324 e. The Hall–Kier alpha value is -2.95. The lowest BCUT2D eigenvalue weighted by Crippen LogP contribution is -2.57. The number of amides is 2. The smallest absolute Gasteiger partial charge is 0.324 e. The summed E-state index contributed by atoms with van der Waals surface area (Å²) in [5.41, 5.74) is 2.25. The molecule has 25 heavy (non-hydrogen) atoms. The average Bonchev–Trinajstić information content (AvgIpc) is 2.60. The van der Waals surface area contributed by atoms with Crippen molar-refractivity contribution in [3.8, 4) is 5.75 Å². The van der Waals surface area contributed by atoms with Gasteiger partial charge >= 0.3 is 5.97 Å². The SMILES string of the molecule is Cc1ccc(N2C(=O)[C@@H]3C(=O)Oc4ccccc4[C@H]3[C@@H](C)C2=O)cc1. The number of imide groups is 1. The molecule has 2 amide bonds. The van der Waals surface area contributed by atoms with E-state index in [-0.39, 0.29) is 5.91 Å². The van der Waals surface area contributed by atoms with Crippen LogP contribution in [-0.4, -0.2) is 17.8 Å². The van der Waals surface area contributed by atoms with Crippen LogP contribution in [0.15, 0.2) is 48.5 Å². The Labute approximate surface area is 145 Å². The van der Waals surface area contributed by atoms with Crippen LogP contribution in [0, 0.1) is 18.8 Å². The number of carbonyl (C=O) groups excluding carboxylic acids is 3. The third kappa shape index (κ3) is 2.27. The normalized spacial score (nSPS) is 25.3. The van der Waals surface area contributed by atoms with Gasteiger partial charge in [0, 0.05) is 17.4 Å². The molecule has 0 bridgehead atoms. The van der Waals surface area contributed by atoms with Crippen molar-refractivity contribution >= 4 is 23.5 Å². The van der Waals surface area contributed by atoms with Gasteiger partial charge < -0.3 is 4.74 Å². The molecule has 2 heterocycles. The molecule has 126 valence electrons. The van der Waals surface area contributed by atoms with Gasteiger partial charge in [0.1, 0.15) is 11.7 Å². The van der Waals surface area contributed by atoms with Crippen LogP contribution in [0.5, 0.6) is 5.75 Å². The van der Waals surface area contributed by atoms with Crippen LogP contribution >= 0.6 is 0 Å². The third-order valence-corrected chi connectivity index (χ3v) is 5.03. The van der Waals surface area contributed by atoms with Crippen molar-refractivity contribution in [1.82, 2.24) is 0 Å². The molecule has 0 saturated carbocycles. The summed E-state index contributed by atoms with van der Waals surface area (Å²) < 4.78 is 5.36. The van der Waals surface area contributed by atoms with Crippen LogP contribution in [0.3, 0.4) is 0 Å². The van der Waals surface area contributed by atoms with E-state index in [9.17, 15) is 14.4 Å². The molecule has 0 radical (unpaired) electrons. The predicted molar refractivity (Wildman–Crippen MR) is 91.1 cm³/mol. The molecule has 4 rings (SSSR count). The Morgan fingerprint density at radius 1 is 0.920 bits per heavy atom. The molecule has 5 nitrogen and oxygen atoms in total. The number of carbonyl (C=O) groups is 3. The molecule has 2 aromatic rings. The Morgan fingerprint density at radius 3 is 2.32 bits per heavy atom. The first kappa shape index (κ1) is 15.6. The lowest BCUT2D eigenvalue weighted by atomic mass is 9.72. The van der Waals surface area contributed by atoms with E-state index in [4.69, 9.17) is 4.74 Å². The highest BCUT2D eigenvalue weighted by Gasteiger charge is 2.54. The van der Waals surface area contributed by atoms with E-state index in [1.54, 1.807) is 31.2 Å². The molecule has 0 N–H and O–H groups in total. The molecule has 2 aromatic carbocycles. The van der Waals surface area contributed by atoms with Gasteiger partial charge in [-0.15, -0.1) is 0 Å². The molecule has 2 aliphatic heterocycles. The molecular formula is C20H17NO4. The minimum Gasteiger partial charge on any atom is -0.426 e. The molecule has 0 aliphatic carbocycles. The van der Waals surface area contributed by atoms with E-state index in [1.807, 2.05) is 31.2 Å². The second-order valence-electron chi connectivity index (χ2n) is 6.60.